The third-order valence-corrected chi connectivity index (χ3v) is 5.71. The van der Waals surface area contributed by atoms with Gasteiger partial charge in [-0.15, -0.1) is 0 Å². The van der Waals surface area contributed by atoms with Crippen molar-refractivity contribution in [1.29, 1.82) is 0 Å². The van der Waals surface area contributed by atoms with Crippen molar-refractivity contribution in [3.05, 3.63) is 62.6 Å². The molecule has 0 radical (unpaired) electrons. The van der Waals surface area contributed by atoms with Crippen LogP contribution in [0.4, 0.5) is 5.69 Å². The third kappa shape index (κ3) is 5.51. The maximum atomic E-state index is 12.3. The number of halogens is 3. The number of anilines is 1. The summed E-state index contributed by atoms with van der Waals surface area (Å²) in [7, 11) is -3.77. The van der Waals surface area contributed by atoms with Crippen LogP contribution in [0.3, 0.4) is 0 Å². The van der Waals surface area contributed by atoms with E-state index in [1.54, 1.807) is 0 Å². The molecule has 0 aliphatic heterocycles. The number of aryl methyl sites for hydroxylation is 1. The summed E-state index contributed by atoms with van der Waals surface area (Å²) in [6.45, 7) is 1.82. The van der Waals surface area contributed by atoms with Crippen LogP contribution in [0.1, 0.15) is 11.1 Å². The molecule has 1 N–H and O–H groups in total. The first kappa shape index (κ1) is 20.8. The molecule has 0 saturated carbocycles. The van der Waals surface area contributed by atoms with Gasteiger partial charge in [0.25, 0.3) is 0 Å². The number of nitrogens with one attached hydrogen (secondary N) is 1. The van der Waals surface area contributed by atoms with E-state index in [9.17, 15) is 13.2 Å². The van der Waals surface area contributed by atoms with Gasteiger partial charge in [0.2, 0.25) is 15.9 Å². The van der Waals surface area contributed by atoms with Gasteiger partial charge in [0.05, 0.1) is 27.0 Å². The van der Waals surface area contributed by atoms with Gasteiger partial charge in [-0.3, -0.25) is 9.10 Å². The molecule has 0 fully saturated rings. The smallest absolute Gasteiger partial charge is 0.241 e. The zero-order chi connectivity index (χ0) is 19.5. The number of hydrogen-bond acceptors (Lipinski definition) is 3. The van der Waals surface area contributed by atoms with E-state index in [0.717, 1.165) is 21.7 Å². The fraction of sp³-hybridized carbons (Fsp3) is 0.235. The van der Waals surface area contributed by atoms with Crippen molar-refractivity contribution in [2.45, 2.75) is 13.5 Å². The standard InChI is InChI=1S/C17H17Cl3N2O3S/c1-11-3-5-12(6-4-11)9-21-17(23)10-22(26(2,24)25)16-8-14(19)13(18)7-15(16)20/h3-8H,9-10H2,1-2H3,(H,21,23). The Balaban J connectivity index is 2.17. The number of carbonyl (C=O) groups is 1. The SMILES string of the molecule is Cc1ccc(CNC(=O)CN(c2cc(Cl)c(Cl)cc2Cl)S(C)(=O)=O)cc1. The first-order valence-corrected chi connectivity index (χ1v) is 10.5. The second-order valence-electron chi connectivity index (χ2n) is 5.75. The van der Waals surface area contributed by atoms with E-state index in [1.807, 2.05) is 31.2 Å². The molecule has 26 heavy (non-hydrogen) atoms. The van der Waals surface area contributed by atoms with E-state index in [0.29, 0.717) is 0 Å². The van der Waals surface area contributed by atoms with Crippen LogP contribution in [-0.4, -0.2) is 27.1 Å². The molecule has 5 nitrogen and oxygen atoms in total. The molecule has 0 unspecified atom stereocenters. The topological polar surface area (TPSA) is 66.5 Å². The Morgan fingerprint density at radius 1 is 1.04 bits per heavy atom. The van der Waals surface area contributed by atoms with Gasteiger partial charge in [0.1, 0.15) is 6.54 Å². The molecular weight excluding hydrogens is 419 g/mol. The van der Waals surface area contributed by atoms with E-state index in [1.165, 1.54) is 12.1 Å². The number of carbonyl (C=O) groups excluding carboxylic acids is 1. The van der Waals surface area contributed by atoms with E-state index in [4.69, 9.17) is 34.8 Å². The molecular formula is C17H17Cl3N2O3S. The molecule has 2 aromatic rings. The monoisotopic (exact) mass is 434 g/mol. The highest BCUT2D eigenvalue weighted by Gasteiger charge is 2.24. The van der Waals surface area contributed by atoms with Gasteiger partial charge in [-0.05, 0) is 24.6 Å². The van der Waals surface area contributed by atoms with Crippen LogP contribution in [0, 0.1) is 6.92 Å². The average Bonchev–Trinajstić information content (AvgIpc) is 2.55. The fourth-order valence-corrected chi connectivity index (χ4v) is 3.73. The van der Waals surface area contributed by atoms with E-state index in [-0.39, 0.29) is 27.3 Å². The van der Waals surface area contributed by atoms with Gasteiger partial charge < -0.3 is 5.32 Å². The Morgan fingerprint density at radius 2 is 1.62 bits per heavy atom. The molecule has 0 heterocycles. The van der Waals surface area contributed by atoms with Gasteiger partial charge in [-0.25, -0.2) is 8.42 Å². The first-order valence-electron chi connectivity index (χ1n) is 7.52. The van der Waals surface area contributed by atoms with Crippen LogP contribution in [-0.2, 0) is 21.4 Å². The Morgan fingerprint density at radius 3 is 2.19 bits per heavy atom. The van der Waals surface area contributed by atoms with Crippen molar-refractivity contribution in [2.24, 2.45) is 0 Å². The summed E-state index contributed by atoms with van der Waals surface area (Å²) in [6, 6.07) is 10.3. The van der Waals surface area contributed by atoms with Crippen molar-refractivity contribution >= 4 is 56.4 Å². The van der Waals surface area contributed by atoms with Crippen LogP contribution in [0.2, 0.25) is 15.1 Å². The molecule has 0 bridgehead atoms. The van der Waals surface area contributed by atoms with Gasteiger partial charge in [-0.2, -0.15) is 0 Å². The minimum Gasteiger partial charge on any atom is -0.350 e. The van der Waals surface area contributed by atoms with E-state index < -0.39 is 22.5 Å². The van der Waals surface area contributed by atoms with Gasteiger partial charge in [-0.1, -0.05) is 64.6 Å². The number of rotatable bonds is 6. The lowest BCUT2D eigenvalue weighted by Gasteiger charge is -2.23. The number of benzene rings is 2. The molecule has 0 aliphatic rings. The first-order chi connectivity index (χ1) is 12.1. The van der Waals surface area contributed by atoms with Gasteiger partial charge in [0, 0.05) is 6.54 Å². The zero-order valence-corrected chi connectivity index (χ0v) is 17.2. The second-order valence-corrected chi connectivity index (χ2v) is 8.88. The molecule has 0 saturated heterocycles. The molecule has 1 amide bonds. The summed E-state index contributed by atoms with van der Waals surface area (Å²) >= 11 is 17.9. The molecule has 0 spiro atoms. The lowest BCUT2D eigenvalue weighted by Crippen LogP contribution is -2.40. The summed E-state index contributed by atoms with van der Waals surface area (Å²) in [5.74, 6) is -0.474. The van der Waals surface area contributed by atoms with Crippen molar-refractivity contribution in [2.75, 3.05) is 17.1 Å². The Bertz CT molecular complexity index is 916. The van der Waals surface area contributed by atoms with Crippen LogP contribution < -0.4 is 9.62 Å². The highest BCUT2D eigenvalue weighted by Crippen LogP contribution is 2.35. The van der Waals surface area contributed by atoms with Crippen LogP contribution in [0.25, 0.3) is 0 Å². The molecule has 2 aromatic carbocycles. The predicted octanol–water partition coefficient (Wildman–Crippen LogP) is 4.04. The molecule has 0 aliphatic carbocycles. The predicted molar refractivity (Wildman–Crippen MR) is 107 cm³/mol. The van der Waals surface area contributed by atoms with Crippen molar-refractivity contribution in [3.8, 4) is 0 Å². The number of sulfonamides is 1. The quantitative estimate of drug-likeness (QED) is 0.696. The highest BCUT2D eigenvalue weighted by molar-refractivity contribution is 7.92. The van der Waals surface area contributed by atoms with E-state index >= 15 is 0 Å². The summed E-state index contributed by atoms with van der Waals surface area (Å²) < 4.78 is 25.2. The van der Waals surface area contributed by atoms with Gasteiger partial charge in [0.15, 0.2) is 0 Å². The minimum absolute atomic E-state index is 0.0798. The molecule has 9 heteroatoms. The molecule has 140 valence electrons. The Hall–Kier alpha value is -1.47. The molecule has 0 aromatic heterocycles. The molecule has 2 rings (SSSR count). The maximum absolute atomic E-state index is 12.3. The number of amides is 1. The summed E-state index contributed by atoms with van der Waals surface area (Å²) in [6.07, 6.45) is 0.985. The zero-order valence-electron chi connectivity index (χ0n) is 14.1. The van der Waals surface area contributed by atoms with Crippen molar-refractivity contribution in [3.63, 3.8) is 0 Å². The Kier molecular flexibility index (Phi) is 6.80. The summed E-state index contributed by atoms with van der Waals surface area (Å²) in [5, 5.41) is 3.10. The van der Waals surface area contributed by atoms with Crippen molar-refractivity contribution < 1.29 is 13.2 Å². The molecule has 0 atom stereocenters. The average molecular weight is 436 g/mol. The van der Waals surface area contributed by atoms with Gasteiger partial charge >= 0.3 is 0 Å². The van der Waals surface area contributed by atoms with Crippen LogP contribution >= 0.6 is 34.8 Å². The van der Waals surface area contributed by atoms with Crippen LogP contribution in [0.5, 0.6) is 0 Å². The summed E-state index contributed by atoms with van der Waals surface area (Å²) in [4.78, 5) is 12.3. The summed E-state index contributed by atoms with van der Waals surface area (Å²) in [5.41, 5.74) is 2.11. The Labute approximate surface area is 167 Å². The second kappa shape index (κ2) is 8.48. The maximum Gasteiger partial charge on any atom is 0.241 e. The normalized spacial score (nSPS) is 11.3. The number of nitrogens with zero attached hydrogens (tertiary/aromatic N) is 1. The lowest BCUT2D eigenvalue weighted by molar-refractivity contribution is -0.119. The largest absolute Gasteiger partial charge is 0.350 e. The highest BCUT2D eigenvalue weighted by atomic mass is 35.5. The van der Waals surface area contributed by atoms with Crippen LogP contribution in [0.15, 0.2) is 36.4 Å². The minimum atomic E-state index is -3.77. The lowest BCUT2D eigenvalue weighted by atomic mass is 10.1. The van der Waals surface area contributed by atoms with Crippen molar-refractivity contribution in [1.82, 2.24) is 5.32 Å². The number of hydrogen-bond donors (Lipinski definition) is 1. The fourth-order valence-electron chi connectivity index (χ4n) is 2.18. The van der Waals surface area contributed by atoms with E-state index in [2.05, 4.69) is 5.32 Å². The third-order valence-electron chi connectivity index (χ3n) is 3.56.